The normalized spacial score (nSPS) is 19.5. The van der Waals surface area contributed by atoms with Crippen molar-refractivity contribution in [3.05, 3.63) is 35.4 Å². The number of carbonyl (C=O) groups is 1. The number of alkyl halides is 2. The average molecular weight is 244 g/mol. The summed E-state index contributed by atoms with van der Waals surface area (Å²) >= 11 is 0. The molecule has 0 spiro atoms. The molecule has 17 heavy (non-hydrogen) atoms. The number of aliphatic hydroxyl groups is 1. The predicted octanol–water partition coefficient (Wildman–Crippen LogP) is 3.60. The van der Waals surface area contributed by atoms with Gasteiger partial charge in [0.25, 0.3) is 0 Å². The van der Waals surface area contributed by atoms with E-state index in [0.29, 0.717) is 0 Å². The van der Waals surface area contributed by atoms with E-state index in [1.807, 2.05) is 27.7 Å². The van der Waals surface area contributed by atoms with Gasteiger partial charge in [0.1, 0.15) is 0 Å². The molecule has 0 aliphatic heterocycles. The fourth-order valence-corrected chi connectivity index (χ4v) is 1.44. The summed E-state index contributed by atoms with van der Waals surface area (Å²) in [6.45, 7) is 8.00. The first kappa shape index (κ1) is 15.7. The Morgan fingerprint density at radius 2 is 1.59 bits per heavy atom. The van der Waals surface area contributed by atoms with Crippen LogP contribution in [0.25, 0.3) is 0 Å². The second kappa shape index (κ2) is 6.45. The molecular weight excluding hydrogens is 226 g/mol. The van der Waals surface area contributed by atoms with Crippen molar-refractivity contribution in [2.75, 3.05) is 0 Å². The van der Waals surface area contributed by atoms with Gasteiger partial charge in [0, 0.05) is 5.56 Å². The second-order valence-corrected chi connectivity index (χ2v) is 2.94. The number of carbonyl (C=O) groups excluding carboxylic acids is 1. The van der Waals surface area contributed by atoms with E-state index in [1.54, 1.807) is 0 Å². The lowest BCUT2D eigenvalue weighted by atomic mass is 10.1. The van der Waals surface area contributed by atoms with Crippen molar-refractivity contribution in [3.8, 4) is 0 Å². The van der Waals surface area contributed by atoms with Gasteiger partial charge in [-0.25, -0.2) is 0 Å². The van der Waals surface area contributed by atoms with E-state index in [1.165, 1.54) is 24.3 Å². The summed E-state index contributed by atoms with van der Waals surface area (Å²) in [6, 6.07) is 5.63. The topological polar surface area (TPSA) is 37.3 Å². The standard InChI is InChI=1S/C9H6F2O2.2C2H6/c10-9(11)7(12)5-3-1-2-4-6(5)8(9)13;2*1-2/h1-4,7,12H;2*1-2H3/t7-;;/m0../s1. The Balaban J connectivity index is 0.000000581. The Morgan fingerprint density at radius 1 is 1.12 bits per heavy atom. The lowest BCUT2D eigenvalue weighted by Crippen LogP contribution is -2.28. The van der Waals surface area contributed by atoms with Gasteiger partial charge < -0.3 is 5.11 Å². The van der Waals surface area contributed by atoms with Crippen molar-refractivity contribution >= 4 is 5.78 Å². The molecule has 0 unspecified atom stereocenters. The molecule has 0 saturated carbocycles. The predicted molar refractivity (Wildman–Crippen MR) is 63.4 cm³/mol. The fourth-order valence-electron chi connectivity index (χ4n) is 1.44. The lowest BCUT2D eigenvalue weighted by molar-refractivity contribution is -0.0707. The number of rotatable bonds is 0. The van der Waals surface area contributed by atoms with Crippen LogP contribution in [-0.2, 0) is 0 Å². The lowest BCUT2D eigenvalue weighted by Gasteiger charge is -2.11. The molecule has 0 fully saturated rings. The maximum atomic E-state index is 12.9. The molecule has 1 aromatic rings. The number of aliphatic hydroxyl groups excluding tert-OH is 1. The van der Waals surface area contributed by atoms with Gasteiger partial charge in [-0.1, -0.05) is 52.0 Å². The van der Waals surface area contributed by atoms with Crippen LogP contribution in [0.4, 0.5) is 8.78 Å². The van der Waals surface area contributed by atoms with Gasteiger partial charge in [-0.2, -0.15) is 8.78 Å². The number of benzene rings is 1. The highest BCUT2D eigenvalue weighted by atomic mass is 19.3. The third-order valence-corrected chi connectivity index (χ3v) is 2.15. The quantitative estimate of drug-likeness (QED) is 0.757. The molecule has 0 amide bonds. The summed E-state index contributed by atoms with van der Waals surface area (Å²) in [7, 11) is 0. The van der Waals surface area contributed by atoms with E-state index >= 15 is 0 Å². The average Bonchev–Trinajstić information content (AvgIpc) is 2.57. The number of hydrogen-bond acceptors (Lipinski definition) is 2. The zero-order chi connectivity index (χ0) is 13.6. The van der Waals surface area contributed by atoms with Gasteiger partial charge in [-0.3, -0.25) is 4.79 Å². The van der Waals surface area contributed by atoms with E-state index in [9.17, 15) is 13.6 Å². The van der Waals surface area contributed by atoms with Crippen LogP contribution in [0.2, 0.25) is 0 Å². The molecule has 1 N–H and O–H groups in total. The van der Waals surface area contributed by atoms with E-state index in [4.69, 9.17) is 5.11 Å². The van der Waals surface area contributed by atoms with E-state index in [-0.39, 0.29) is 11.1 Å². The Hall–Kier alpha value is -1.29. The smallest absolute Gasteiger partial charge is 0.339 e. The number of hydrogen-bond donors (Lipinski definition) is 1. The van der Waals surface area contributed by atoms with Gasteiger partial charge >= 0.3 is 5.92 Å². The minimum absolute atomic E-state index is 0.0116. The minimum atomic E-state index is -3.66. The van der Waals surface area contributed by atoms with E-state index in [2.05, 4.69) is 0 Å². The molecule has 0 bridgehead atoms. The molecule has 0 heterocycles. The monoisotopic (exact) mass is 244 g/mol. The molecule has 0 aromatic heterocycles. The molecule has 1 aromatic carbocycles. The Kier molecular flexibility index (Phi) is 5.96. The zero-order valence-electron chi connectivity index (χ0n) is 10.5. The fraction of sp³-hybridized carbons (Fsp3) is 0.462. The first-order valence-corrected chi connectivity index (χ1v) is 5.74. The summed E-state index contributed by atoms with van der Waals surface area (Å²) in [5.74, 6) is -4.96. The molecule has 2 rings (SSSR count). The van der Waals surface area contributed by atoms with Crippen molar-refractivity contribution in [2.45, 2.75) is 39.7 Å². The zero-order valence-corrected chi connectivity index (χ0v) is 10.5. The molecule has 4 heteroatoms. The van der Waals surface area contributed by atoms with Crippen molar-refractivity contribution in [2.24, 2.45) is 0 Å². The van der Waals surface area contributed by atoms with Gasteiger partial charge in [-0.15, -0.1) is 0 Å². The molecule has 1 atom stereocenters. The maximum absolute atomic E-state index is 12.9. The van der Waals surface area contributed by atoms with Gasteiger partial charge in [-0.05, 0) is 5.56 Å². The summed E-state index contributed by atoms with van der Waals surface area (Å²) in [6.07, 6.45) is -1.99. The number of ketones is 1. The highest BCUT2D eigenvalue weighted by molar-refractivity contribution is 6.06. The SMILES string of the molecule is CC.CC.O=C1c2ccccc2[C@H](O)C1(F)F. The first-order chi connectivity index (χ1) is 8.05. The maximum Gasteiger partial charge on any atom is 0.339 e. The van der Waals surface area contributed by atoms with Crippen molar-refractivity contribution < 1.29 is 18.7 Å². The van der Waals surface area contributed by atoms with Crippen LogP contribution in [0.15, 0.2) is 24.3 Å². The molecule has 2 nitrogen and oxygen atoms in total. The van der Waals surface area contributed by atoms with Crippen LogP contribution < -0.4 is 0 Å². The highest BCUT2D eigenvalue weighted by Gasteiger charge is 2.54. The summed E-state index contributed by atoms with van der Waals surface area (Å²) in [5, 5.41) is 9.11. The first-order valence-electron chi connectivity index (χ1n) is 5.74. The molecule has 1 aliphatic rings. The number of Topliss-reactive ketones (excluding diaryl/α,β-unsaturated/α-hetero) is 1. The molecule has 1 aliphatic carbocycles. The Labute approximate surface area is 100 Å². The Morgan fingerprint density at radius 3 is 2.06 bits per heavy atom. The van der Waals surface area contributed by atoms with Gasteiger partial charge in [0.05, 0.1) is 0 Å². The summed E-state index contributed by atoms with van der Waals surface area (Å²) in [5.41, 5.74) is -0.0718. The van der Waals surface area contributed by atoms with Crippen LogP contribution in [0.5, 0.6) is 0 Å². The van der Waals surface area contributed by atoms with Crippen molar-refractivity contribution in [1.29, 1.82) is 0 Å². The van der Waals surface area contributed by atoms with Crippen molar-refractivity contribution in [1.82, 2.24) is 0 Å². The molecule has 0 saturated heterocycles. The van der Waals surface area contributed by atoms with Crippen LogP contribution in [0, 0.1) is 0 Å². The highest BCUT2D eigenvalue weighted by Crippen LogP contribution is 2.42. The number of halogens is 2. The van der Waals surface area contributed by atoms with Crippen LogP contribution in [0.1, 0.15) is 49.7 Å². The minimum Gasteiger partial charge on any atom is -0.382 e. The number of fused-ring (bicyclic) bond motifs is 1. The molecular formula is C13H18F2O2. The van der Waals surface area contributed by atoms with Gasteiger partial charge in [0.2, 0.25) is 5.78 Å². The van der Waals surface area contributed by atoms with E-state index in [0.717, 1.165) is 0 Å². The molecule has 0 radical (unpaired) electrons. The third kappa shape index (κ3) is 2.69. The van der Waals surface area contributed by atoms with Crippen LogP contribution in [-0.4, -0.2) is 16.8 Å². The van der Waals surface area contributed by atoms with Crippen LogP contribution >= 0.6 is 0 Å². The van der Waals surface area contributed by atoms with Crippen LogP contribution in [0.3, 0.4) is 0 Å². The van der Waals surface area contributed by atoms with Crippen molar-refractivity contribution in [3.63, 3.8) is 0 Å². The second-order valence-electron chi connectivity index (χ2n) is 2.94. The summed E-state index contributed by atoms with van der Waals surface area (Å²) < 4.78 is 25.8. The third-order valence-electron chi connectivity index (χ3n) is 2.15. The van der Waals surface area contributed by atoms with Gasteiger partial charge in [0.15, 0.2) is 6.10 Å². The Bertz CT molecular complexity index is 375. The van der Waals surface area contributed by atoms with E-state index < -0.39 is 17.8 Å². The summed E-state index contributed by atoms with van der Waals surface area (Å²) in [4.78, 5) is 11.0. The largest absolute Gasteiger partial charge is 0.382 e. The molecule has 96 valence electrons.